The molecule has 0 aliphatic carbocycles. The normalized spacial score (nSPS) is 15.6. The number of aromatic nitrogens is 3. The number of thioether (sulfide) groups is 1. The maximum Gasteiger partial charge on any atom is 0.232 e. The summed E-state index contributed by atoms with van der Waals surface area (Å²) in [5.74, 6) is 3.26. The van der Waals surface area contributed by atoms with Gasteiger partial charge in [0.25, 0.3) is 0 Å². The number of hydrogen-bond acceptors (Lipinski definition) is 7. The minimum atomic E-state index is 0.289. The van der Waals surface area contributed by atoms with Gasteiger partial charge in [0.05, 0.1) is 18.9 Å². The van der Waals surface area contributed by atoms with Gasteiger partial charge in [0.1, 0.15) is 0 Å². The van der Waals surface area contributed by atoms with Crippen molar-refractivity contribution in [3.63, 3.8) is 0 Å². The summed E-state index contributed by atoms with van der Waals surface area (Å²) in [6.45, 7) is 5.52. The zero-order valence-corrected chi connectivity index (χ0v) is 17.7. The molecule has 3 heterocycles. The minimum Gasteiger partial charge on any atom is -0.454 e. The van der Waals surface area contributed by atoms with E-state index < -0.39 is 0 Å². The van der Waals surface area contributed by atoms with Crippen molar-refractivity contribution in [1.29, 1.82) is 0 Å². The zero-order valence-electron chi connectivity index (χ0n) is 16.9. The van der Waals surface area contributed by atoms with Gasteiger partial charge in [0.15, 0.2) is 16.7 Å². The van der Waals surface area contributed by atoms with Gasteiger partial charge in [0, 0.05) is 18.8 Å². The van der Waals surface area contributed by atoms with Crippen LogP contribution in [0.1, 0.15) is 18.1 Å². The van der Waals surface area contributed by atoms with Gasteiger partial charge in [-0.15, -0.1) is 10.2 Å². The average Bonchev–Trinajstić information content (AvgIpc) is 3.44. The van der Waals surface area contributed by atoms with Crippen LogP contribution in [0, 0.1) is 0 Å². The lowest BCUT2D eigenvalue weighted by Gasteiger charge is -2.28. The molecule has 30 heavy (non-hydrogen) atoms. The van der Waals surface area contributed by atoms with Crippen molar-refractivity contribution in [2.45, 2.75) is 24.3 Å². The Kier molecular flexibility index (Phi) is 5.50. The van der Waals surface area contributed by atoms with Crippen molar-refractivity contribution >= 4 is 17.7 Å². The molecule has 0 N–H and O–H groups in total. The standard InChI is InChI=1S/C22H24N4O3S/c1-2-17-5-3-4-6-18(17)26-21(25-9-11-27-12-10-25)23-24-22(26)30-14-16-7-8-19-20(13-16)29-15-28-19/h3-8,13H,2,9-12,14-15H2,1H3. The summed E-state index contributed by atoms with van der Waals surface area (Å²) in [6.07, 6.45) is 0.948. The topological polar surface area (TPSA) is 61.6 Å². The first kappa shape index (κ1) is 19.3. The van der Waals surface area contributed by atoms with Crippen molar-refractivity contribution in [3.8, 4) is 17.2 Å². The SMILES string of the molecule is CCc1ccccc1-n1c(SCc2ccc3c(c2)OCO3)nnc1N1CCOCC1. The summed E-state index contributed by atoms with van der Waals surface area (Å²) in [5.41, 5.74) is 3.58. The summed E-state index contributed by atoms with van der Waals surface area (Å²) >= 11 is 1.68. The summed E-state index contributed by atoms with van der Waals surface area (Å²) < 4.78 is 18.7. The van der Waals surface area contributed by atoms with Gasteiger partial charge < -0.3 is 19.1 Å². The Bertz CT molecular complexity index is 1030. The Morgan fingerprint density at radius 2 is 1.83 bits per heavy atom. The number of rotatable bonds is 6. The molecule has 3 aromatic rings. The highest BCUT2D eigenvalue weighted by Crippen LogP contribution is 2.35. The summed E-state index contributed by atoms with van der Waals surface area (Å²) in [6, 6.07) is 14.6. The number of hydrogen-bond donors (Lipinski definition) is 0. The van der Waals surface area contributed by atoms with E-state index in [0.29, 0.717) is 13.2 Å². The Morgan fingerprint density at radius 3 is 2.70 bits per heavy atom. The van der Waals surface area contributed by atoms with E-state index in [1.54, 1.807) is 11.8 Å². The fraction of sp³-hybridized carbons (Fsp3) is 0.364. The van der Waals surface area contributed by atoms with Gasteiger partial charge >= 0.3 is 0 Å². The highest BCUT2D eigenvalue weighted by atomic mass is 32.2. The fourth-order valence-electron chi connectivity index (χ4n) is 3.74. The highest BCUT2D eigenvalue weighted by Gasteiger charge is 2.23. The monoisotopic (exact) mass is 424 g/mol. The van der Waals surface area contributed by atoms with Gasteiger partial charge in [-0.2, -0.15) is 0 Å². The molecule has 1 aromatic heterocycles. The molecule has 1 fully saturated rings. The minimum absolute atomic E-state index is 0.289. The van der Waals surface area contributed by atoms with E-state index in [2.05, 4.69) is 56.9 Å². The van der Waals surface area contributed by atoms with Crippen LogP contribution in [-0.4, -0.2) is 47.9 Å². The molecule has 2 aromatic carbocycles. The van der Waals surface area contributed by atoms with E-state index in [4.69, 9.17) is 14.2 Å². The first-order chi connectivity index (χ1) is 14.8. The molecule has 1 saturated heterocycles. The molecule has 0 saturated carbocycles. The molecule has 2 aliphatic rings. The molecule has 0 bridgehead atoms. The first-order valence-corrected chi connectivity index (χ1v) is 11.2. The quantitative estimate of drug-likeness (QED) is 0.559. The third-order valence-electron chi connectivity index (χ3n) is 5.33. The van der Waals surface area contributed by atoms with Crippen LogP contribution in [0.2, 0.25) is 0 Å². The maximum absolute atomic E-state index is 5.53. The number of ether oxygens (including phenoxy) is 3. The summed E-state index contributed by atoms with van der Waals surface area (Å²) in [4.78, 5) is 2.26. The highest BCUT2D eigenvalue weighted by molar-refractivity contribution is 7.98. The summed E-state index contributed by atoms with van der Waals surface area (Å²) in [7, 11) is 0. The second-order valence-corrected chi connectivity index (χ2v) is 8.12. The largest absolute Gasteiger partial charge is 0.454 e. The van der Waals surface area contributed by atoms with Crippen LogP contribution in [-0.2, 0) is 16.9 Å². The second-order valence-electron chi connectivity index (χ2n) is 7.18. The molecule has 0 atom stereocenters. The molecular formula is C22H24N4O3S. The van der Waals surface area contributed by atoms with Crippen LogP contribution in [0.4, 0.5) is 5.95 Å². The Morgan fingerprint density at radius 1 is 1.00 bits per heavy atom. The molecular weight excluding hydrogens is 400 g/mol. The zero-order chi connectivity index (χ0) is 20.3. The lowest BCUT2D eigenvalue weighted by molar-refractivity contribution is 0.122. The summed E-state index contributed by atoms with van der Waals surface area (Å²) in [5, 5.41) is 10.0. The number of anilines is 1. The number of para-hydroxylation sites is 1. The Hall–Kier alpha value is -2.71. The van der Waals surface area contributed by atoms with Gasteiger partial charge in [-0.1, -0.05) is 43.0 Å². The van der Waals surface area contributed by atoms with E-state index >= 15 is 0 Å². The molecule has 5 rings (SSSR count). The molecule has 0 unspecified atom stereocenters. The van der Waals surface area contributed by atoms with Crippen molar-refractivity contribution in [1.82, 2.24) is 14.8 Å². The fourth-order valence-corrected chi connectivity index (χ4v) is 4.62. The van der Waals surface area contributed by atoms with Crippen LogP contribution < -0.4 is 14.4 Å². The van der Waals surface area contributed by atoms with Crippen molar-refractivity contribution in [2.24, 2.45) is 0 Å². The van der Waals surface area contributed by atoms with Gasteiger partial charge in [-0.25, -0.2) is 0 Å². The van der Waals surface area contributed by atoms with E-state index in [1.807, 2.05) is 12.1 Å². The molecule has 7 nitrogen and oxygen atoms in total. The van der Waals surface area contributed by atoms with Crippen molar-refractivity contribution in [3.05, 3.63) is 53.6 Å². The lowest BCUT2D eigenvalue weighted by atomic mass is 10.1. The predicted molar refractivity (Wildman–Crippen MR) is 116 cm³/mol. The van der Waals surface area contributed by atoms with E-state index in [1.165, 1.54) is 5.56 Å². The van der Waals surface area contributed by atoms with Crippen LogP contribution >= 0.6 is 11.8 Å². The average molecular weight is 425 g/mol. The molecule has 0 amide bonds. The number of nitrogens with zero attached hydrogens (tertiary/aromatic N) is 4. The Labute approximate surface area is 180 Å². The van der Waals surface area contributed by atoms with Crippen LogP contribution in [0.25, 0.3) is 5.69 Å². The molecule has 8 heteroatoms. The molecule has 2 aliphatic heterocycles. The van der Waals surface area contributed by atoms with Gasteiger partial charge in [-0.05, 0) is 35.7 Å². The third kappa shape index (κ3) is 3.73. The van der Waals surface area contributed by atoms with Gasteiger partial charge in [-0.3, -0.25) is 4.57 Å². The number of benzene rings is 2. The number of morpholine rings is 1. The first-order valence-electron chi connectivity index (χ1n) is 10.2. The van der Waals surface area contributed by atoms with E-state index in [0.717, 1.165) is 59.1 Å². The smallest absolute Gasteiger partial charge is 0.232 e. The van der Waals surface area contributed by atoms with E-state index in [9.17, 15) is 0 Å². The van der Waals surface area contributed by atoms with Crippen molar-refractivity contribution < 1.29 is 14.2 Å². The molecule has 156 valence electrons. The Balaban J connectivity index is 1.47. The number of aryl methyl sites for hydroxylation is 1. The van der Waals surface area contributed by atoms with Crippen LogP contribution in [0.3, 0.4) is 0 Å². The lowest BCUT2D eigenvalue weighted by Crippen LogP contribution is -2.38. The molecule has 0 spiro atoms. The van der Waals surface area contributed by atoms with E-state index in [-0.39, 0.29) is 6.79 Å². The van der Waals surface area contributed by atoms with Crippen LogP contribution in [0.15, 0.2) is 47.6 Å². The third-order valence-corrected chi connectivity index (χ3v) is 6.33. The molecule has 0 radical (unpaired) electrons. The van der Waals surface area contributed by atoms with Crippen molar-refractivity contribution in [2.75, 3.05) is 38.0 Å². The van der Waals surface area contributed by atoms with Gasteiger partial charge in [0.2, 0.25) is 12.7 Å². The second kappa shape index (κ2) is 8.57. The maximum atomic E-state index is 5.53. The van der Waals surface area contributed by atoms with Crippen LogP contribution in [0.5, 0.6) is 11.5 Å². The number of fused-ring (bicyclic) bond motifs is 1. The predicted octanol–water partition coefficient (Wildman–Crippen LogP) is 3.69.